The molecule has 0 radical (unpaired) electrons. The lowest BCUT2D eigenvalue weighted by Gasteiger charge is -2.25. The van der Waals surface area contributed by atoms with Crippen molar-refractivity contribution in [2.45, 2.75) is 26.4 Å². The van der Waals surface area contributed by atoms with Crippen molar-refractivity contribution in [3.63, 3.8) is 0 Å². The van der Waals surface area contributed by atoms with Crippen LogP contribution in [0.2, 0.25) is 0 Å². The fourth-order valence-electron chi connectivity index (χ4n) is 2.02. The molecule has 0 bridgehead atoms. The average molecular weight is 260 g/mol. The minimum Gasteiger partial charge on any atom is -0.493 e. The van der Waals surface area contributed by atoms with Crippen LogP contribution in [0.25, 0.3) is 0 Å². The number of Topliss-reactive ketones (excluding diaryl/α,β-unsaturated/α-hetero) is 1. The topological polar surface area (TPSA) is 52.6 Å². The second kappa shape index (κ2) is 5.69. The van der Waals surface area contributed by atoms with E-state index in [-0.39, 0.29) is 17.9 Å². The van der Waals surface area contributed by atoms with E-state index in [9.17, 15) is 9.59 Å². The highest BCUT2D eigenvalue weighted by Crippen LogP contribution is 2.35. The molecule has 1 aliphatic rings. The molecule has 0 saturated heterocycles. The van der Waals surface area contributed by atoms with E-state index in [0.29, 0.717) is 24.3 Å². The molecule has 19 heavy (non-hydrogen) atoms. The molecule has 1 aliphatic heterocycles. The Balaban J connectivity index is 2.28. The highest BCUT2D eigenvalue weighted by molar-refractivity contribution is 5.94. The molecule has 0 saturated carbocycles. The number of hydrogen-bond acceptors (Lipinski definition) is 4. The first-order valence-electron chi connectivity index (χ1n) is 6.23. The van der Waals surface area contributed by atoms with Crippen molar-refractivity contribution in [1.29, 1.82) is 0 Å². The Morgan fingerprint density at radius 3 is 2.89 bits per heavy atom. The molecule has 100 valence electrons. The lowest BCUT2D eigenvalue weighted by molar-refractivity contribution is -0.144. The van der Waals surface area contributed by atoms with Gasteiger partial charge in [0, 0.05) is 23.6 Å². The third-order valence-electron chi connectivity index (χ3n) is 2.96. The Kier molecular flexibility index (Phi) is 4.00. The number of carbonyl (C=O) groups excluding carboxylic acids is 2. The SMILES string of the molecule is C/C=C/C(=O)OC1CCOc2ccc(C(C)=O)cc21. The van der Waals surface area contributed by atoms with Crippen LogP contribution in [0.3, 0.4) is 0 Å². The number of fused-ring (bicyclic) bond motifs is 1. The fourth-order valence-corrected chi connectivity index (χ4v) is 2.02. The van der Waals surface area contributed by atoms with Crippen LogP contribution in [0.4, 0.5) is 0 Å². The molecule has 1 aromatic rings. The van der Waals surface area contributed by atoms with Gasteiger partial charge in [-0.15, -0.1) is 0 Å². The summed E-state index contributed by atoms with van der Waals surface area (Å²) in [7, 11) is 0. The van der Waals surface area contributed by atoms with Crippen LogP contribution in [-0.4, -0.2) is 18.4 Å². The Morgan fingerprint density at radius 2 is 2.21 bits per heavy atom. The normalized spacial score (nSPS) is 17.7. The molecule has 1 heterocycles. The van der Waals surface area contributed by atoms with Crippen molar-refractivity contribution < 1.29 is 19.1 Å². The fraction of sp³-hybridized carbons (Fsp3) is 0.333. The molecule has 4 heteroatoms. The van der Waals surface area contributed by atoms with E-state index in [0.717, 1.165) is 5.56 Å². The maximum Gasteiger partial charge on any atom is 0.331 e. The number of benzene rings is 1. The van der Waals surface area contributed by atoms with Crippen molar-refractivity contribution in [1.82, 2.24) is 0 Å². The van der Waals surface area contributed by atoms with Gasteiger partial charge in [0.2, 0.25) is 0 Å². The summed E-state index contributed by atoms with van der Waals surface area (Å²) in [6, 6.07) is 5.21. The summed E-state index contributed by atoms with van der Waals surface area (Å²) < 4.78 is 10.9. The van der Waals surface area contributed by atoms with Gasteiger partial charge in [-0.05, 0) is 32.0 Å². The first kappa shape index (κ1) is 13.3. The maximum absolute atomic E-state index is 11.5. The lowest BCUT2D eigenvalue weighted by atomic mass is 9.99. The van der Waals surface area contributed by atoms with E-state index >= 15 is 0 Å². The van der Waals surface area contributed by atoms with Gasteiger partial charge in [-0.25, -0.2) is 4.79 Å². The second-order valence-corrected chi connectivity index (χ2v) is 4.37. The standard InChI is InChI=1S/C15H16O4/c1-3-4-15(17)19-14-7-8-18-13-6-5-11(10(2)16)9-12(13)14/h3-6,9,14H,7-8H2,1-2H3/b4-3+. The molecule has 0 amide bonds. The van der Waals surface area contributed by atoms with E-state index in [4.69, 9.17) is 9.47 Å². The first-order chi connectivity index (χ1) is 9.11. The molecule has 4 nitrogen and oxygen atoms in total. The number of hydrogen-bond donors (Lipinski definition) is 0. The number of allylic oxidation sites excluding steroid dienone is 1. The van der Waals surface area contributed by atoms with Crippen LogP contribution in [-0.2, 0) is 9.53 Å². The molecule has 1 aromatic carbocycles. The van der Waals surface area contributed by atoms with Crippen LogP contribution in [0.15, 0.2) is 30.4 Å². The van der Waals surface area contributed by atoms with Gasteiger partial charge >= 0.3 is 5.97 Å². The predicted octanol–water partition coefficient (Wildman–Crippen LogP) is 2.83. The van der Waals surface area contributed by atoms with Gasteiger partial charge in [-0.2, -0.15) is 0 Å². The van der Waals surface area contributed by atoms with Gasteiger partial charge in [-0.1, -0.05) is 6.08 Å². The van der Waals surface area contributed by atoms with Crippen molar-refractivity contribution in [3.05, 3.63) is 41.5 Å². The van der Waals surface area contributed by atoms with Gasteiger partial charge in [0.05, 0.1) is 6.61 Å². The first-order valence-corrected chi connectivity index (χ1v) is 6.23. The average Bonchev–Trinajstić information content (AvgIpc) is 2.38. The van der Waals surface area contributed by atoms with Gasteiger partial charge in [0.1, 0.15) is 11.9 Å². The van der Waals surface area contributed by atoms with Crippen molar-refractivity contribution >= 4 is 11.8 Å². The molecule has 0 aromatic heterocycles. The summed E-state index contributed by atoms with van der Waals surface area (Å²) in [5, 5.41) is 0. The Morgan fingerprint density at radius 1 is 1.42 bits per heavy atom. The van der Waals surface area contributed by atoms with E-state index in [1.54, 1.807) is 31.2 Å². The third-order valence-corrected chi connectivity index (χ3v) is 2.96. The number of carbonyl (C=O) groups is 2. The van der Waals surface area contributed by atoms with Gasteiger partial charge in [0.15, 0.2) is 5.78 Å². The molecule has 0 spiro atoms. The van der Waals surface area contributed by atoms with E-state index in [1.165, 1.54) is 13.0 Å². The van der Waals surface area contributed by atoms with Crippen molar-refractivity contribution in [2.75, 3.05) is 6.61 Å². The molecular weight excluding hydrogens is 244 g/mol. The third kappa shape index (κ3) is 3.02. The van der Waals surface area contributed by atoms with Gasteiger partial charge < -0.3 is 9.47 Å². The zero-order valence-corrected chi connectivity index (χ0v) is 11.0. The van der Waals surface area contributed by atoms with Gasteiger partial charge in [0.25, 0.3) is 0 Å². The smallest absolute Gasteiger partial charge is 0.331 e. The number of ether oxygens (including phenoxy) is 2. The van der Waals surface area contributed by atoms with Gasteiger partial charge in [-0.3, -0.25) is 4.79 Å². The predicted molar refractivity (Wildman–Crippen MR) is 70.2 cm³/mol. The summed E-state index contributed by atoms with van der Waals surface area (Å²) in [6.45, 7) is 3.76. The monoisotopic (exact) mass is 260 g/mol. The molecular formula is C15H16O4. The highest BCUT2D eigenvalue weighted by Gasteiger charge is 2.25. The van der Waals surface area contributed by atoms with E-state index in [2.05, 4.69) is 0 Å². The van der Waals surface area contributed by atoms with Crippen LogP contribution in [0.5, 0.6) is 5.75 Å². The quantitative estimate of drug-likeness (QED) is 0.476. The Hall–Kier alpha value is -2.10. The minimum absolute atomic E-state index is 0.0214. The van der Waals surface area contributed by atoms with E-state index < -0.39 is 0 Å². The van der Waals surface area contributed by atoms with Crippen LogP contribution in [0, 0.1) is 0 Å². The molecule has 1 atom stereocenters. The van der Waals surface area contributed by atoms with E-state index in [1.807, 2.05) is 0 Å². The zero-order valence-electron chi connectivity index (χ0n) is 11.0. The molecule has 0 fully saturated rings. The van der Waals surface area contributed by atoms with Crippen LogP contribution >= 0.6 is 0 Å². The maximum atomic E-state index is 11.5. The minimum atomic E-state index is -0.381. The molecule has 2 rings (SSSR count). The Labute approximate surface area is 112 Å². The second-order valence-electron chi connectivity index (χ2n) is 4.37. The van der Waals surface area contributed by atoms with Crippen molar-refractivity contribution in [2.24, 2.45) is 0 Å². The summed E-state index contributed by atoms with van der Waals surface area (Å²) >= 11 is 0. The number of esters is 1. The Bertz CT molecular complexity index is 531. The largest absolute Gasteiger partial charge is 0.493 e. The number of ketones is 1. The van der Waals surface area contributed by atoms with Crippen LogP contribution in [0.1, 0.15) is 42.3 Å². The zero-order chi connectivity index (χ0) is 13.8. The van der Waals surface area contributed by atoms with Crippen LogP contribution < -0.4 is 4.74 Å². The number of rotatable bonds is 3. The summed E-state index contributed by atoms with van der Waals surface area (Å²) in [4.78, 5) is 22.9. The molecule has 1 unspecified atom stereocenters. The van der Waals surface area contributed by atoms with Crippen molar-refractivity contribution in [3.8, 4) is 5.75 Å². The lowest BCUT2D eigenvalue weighted by Crippen LogP contribution is -2.19. The molecule has 0 aliphatic carbocycles. The highest BCUT2D eigenvalue weighted by atomic mass is 16.5. The summed E-state index contributed by atoms with van der Waals surface area (Å²) in [5.41, 5.74) is 1.35. The summed E-state index contributed by atoms with van der Waals surface area (Å²) in [6.07, 6.45) is 3.25. The summed E-state index contributed by atoms with van der Waals surface area (Å²) in [5.74, 6) is 0.273. The molecule has 0 N–H and O–H groups in total.